The maximum Gasteiger partial charge on any atom is 0.252 e. The molecule has 28 heavy (non-hydrogen) atoms. The average molecular weight is 394 g/mol. The summed E-state index contributed by atoms with van der Waals surface area (Å²) < 4.78 is 1.64. The summed E-state index contributed by atoms with van der Waals surface area (Å²) in [6, 6.07) is 11.5. The van der Waals surface area contributed by atoms with Crippen LogP contribution in [0.15, 0.2) is 41.3 Å². The first-order valence-corrected chi connectivity index (χ1v) is 9.57. The Balaban J connectivity index is 1.77. The van der Waals surface area contributed by atoms with Crippen molar-refractivity contribution in [1.29, 1.82) is 5.26 Å². The van der Waals surface area contributed by atoms with E-state index in [0.29, 0.717) is 23.2 Å². The van der Waals surface area contributed by atoms with Gasteiger partial charge in [-0.1, -0.05) is 11.6 Å². The van der Waals surface area contributed by atoms with Crippen LogP contribution in [0, 0.1) is 17.2 Å². The molecule has 4 rings (SSSR count). The third-order valence-corrected chi connectivity index (χ3v) is 5.54. The second-order valence-corrected chi connectivity index (χ2v) is 7.58. The summed E-state index contributed by atoms with van der Waals surface area (Å²) in [5.74, 6) is 0.664. The van der Waals surface area contributed by atoms with Gasteiger partial charge in [-0.15, -0.1) is 0 Å². The van der Waals surface area contributed by atoms with E-state index in [1.54, 1.807) is 29.9 Å². The highest BCUT2D eigenvalue weighted by atomic mass is 35.5. The number of hydrogen-bond acceptors (Lipinski definition) is 5. The summed E-state index contributed by atoms with van der Waals surface area (Å²) >= 11 is 6.03. The largest absolute Gasteiger partial charge is 0.382 e. The van der Waals surface area contributed by atoms with Crippen LogP contribution in [0.25, 0.3) is 10.9 Å². The molecular weight excluding hydrogens is 374 g/mol. The van der Waals surface area contributed by atoms with E-state index in [1.165, 1.54) is 12.8 Å². The number of nitriles is 1. The number of nitrogens with zero attached hydrogens (tertiary/aromatic N) is 3. The van der Waals surface area contributed by atoms with E-state index in [1.807, 2.05) is 18.2 Å². The van der Waals surface area contributed by atoms with Crippen molar-refractivity contribution >= 4 is 39.6 Å². The van der Waals surface area contributed by atoms with E-state index >= 15 is 0 Å². The van der Waals surface area contributed by atoms with Gasteiger partial charge in [-0.2, -0.15) is 5.26 Å². The third kappa shape index (κ3) is 3.41. The van der Waals surface area contributed by atoms with Gasteiger partial charge in [0.1, 0.15) is 16.8 Å². The van der Waals surface area contributed by atoms with Crippen LogP contribution >= 0.6 is 11.6 Å². The quantitative estimate of drug-likeness (QED) is 0.627. The zero-order chi connectivity index (χ0) is 19.8. The minimum Gasteiger partial charge on any atom is -0.382 e. The van der Waals surface area contributed by atoms with Crippen molar-refractivity contribution in [3.05, 3.63) is 57.6 Å². The Bertz CT molecular complexity index is 1160. The first-order valence-electron chi connectivity index (χ1n) is 9.20. The normalized spacial score (nSPS) is 14.5. The topological polar surface area (TPSA) is 82.7 Å². The number of fused-ring (bicyclic) bond motifs is 1. The second-order valence-electron chi connectivity index (χ2n) is 7.22. The lowest BCUT2D eigenvalue weighted by Gasteiger charge is -2.18. The lowest BCUT2D eigenvalue weighted by Crippen LogP contribution is -2.22. The second kappa shape index (κ2) is 7.17. The van der Waals surface area contributed by atoms with E-state index in [4.69, 9.17) is 11.6 Å². The fourth-order valence-electron chi connectivity index (χ4n) is 3.42. The van der Waals surface area contributed by atoms with Crippen molar-refractivity contribution < 1.29 is 0 Å². The third-order valence-electron chi connectivity index (χ3n) is 5.25. The molecule has 0 bridgehead atoms. The highest BCUT2D eigenvalue weighted by molar-refractivity contribution is 6.31. The van der Waals surface area contributed by atoms with E-state index in [-0.39, 0.29) is 10.7 Å². The van der Waals surface area contributed by atoms with Crippen LogP contribution < -0.4 is 16.2 Å². The maximum absolute atomic E-state index is 12.4. The maximum atomic E-state index is 12.4. The number of anilines is 3. The van der Waals surface area contributed by atoms with E-state index in [0.717, 1.165) is 22.3 Å². The van der Waals surface area contributed by atoms with Gasteiger partial charge in [0.15, 0.2) is 0 Å². The van der Waals surface area contributed by atoms with Gasteiger partial charge in [0.25, 0.3) is 5.56 Å². The Morgan fingerprint density at radius 2 is 2.07 bits per heavy atom. The molecule has 0 amide bonds. The molecule has 0 spiro atoms. The summed E-state index contributed by atoms with van der Waals surface area (Å²) in [4.78, 5) is 16.3. The van der Waals surface area contributed by atoms with Crippen LogP contribution in [0.3, 0.4) is 0 Å². The smallest absolute Gasteiger partial charge is 0.252 e. The molecule has 1 aliphatic rings. The molecule has 1 aromatic carbocycles. The molecule has 0 aliphatic heterocycles. The minimum atomic E-state index is -0.0496. The summed E-state index contributed by atoms with van der Waals surface area (Å²) in [5.41, 5.74) is 3.31. The molecule has 7 heteroatoms. The van der Waals surface area contributed by atoms with Gasteiger partial charge < -0.3 is 15.2 Å². The van der Waals surface area contributed by atoms with E-state index < -0.39 is 0 Å². The number of benzene rings is 1. The van der Waals surface area contributed by atoms with Gasteiger partial charge in [0.2, 0.25) is 0 Å². The minimum absolute atomic E-state index is 0.0496. The predicted molar refractivity (Wildman–Crippen MR) is 112 cm³/mol. The summed E-state index contributed by atoms with van der Waals surface area (Å²) in [6.45, 7) is 2.15. The van der Waals surface area contributed by atoms with Crippen molar-refractivity contribution in [2.24, 2.45) is 13.0 Å². The molecule has 142 valence electrons. The average Bonchev–Trinajstić information content (AvgIpc) is 3.51. The summed E-state index contributed by atoms with van der Waals surface area (Å²) in [6.07, 6.45) is 4.01. The Hall–Kier alpha value is -3.04. The molecule has 1 aliphatic carbocycles. The van der Waals surface area contributed by atoms with Crippen molar-refractivity contribution in [3.8, 4) is 6.07 Å². The number of nitrogens with one attached hydrogen (secondary N) is 2. The molecular formula is C21H20ClN5O. The molecule has 0 radical (unpaired) electrons. The summed E-state index contributed by atoms with van der Waals surface area (Å²) in [7, 11) is 1.77. The zero-order valence-corrected chi connectivity index (χ0v) is 16.4. The Morgan fingerprint density at radius 3 is 2.79 bits per heavy atom. The standard InChI is InChI=1S/C21H20ClN5O/c1-12(13-3-4-13)25-18-10-20(28)27(2)19-6-5-14(9-15(18)19)26-17-7-8-24-21(22)16(17)11-23/h5-10,12-13,25H,3-4H2,1-2H3,(H,24,26). The Kier molecular flexibility index (Phi) is 4.70. The molecule has 2 aromatic heterocycles. The molecule has 0 saturated heterocycles. The highest BCUT2D eigenvalue weighted by Gasteiger charge is 2.28. The van der Waals surface area contributed by atoms with Crippen LogP contribution in [0.2, 0.25) is 5.15 Å². The van der Waals surface area contributed by atoms with Gasteiger partial charge in [-0.05, 0) is 49.9 Å². The fourth-order valence-corrected chi connectivity index (χ4v) is 3.62. The molecule has 1 fully saturated rings. The van der Waals surface area contributed by atoms with Crippen LogP contribution in [0.1, 0.15) is 25.3 Å². The van der Waals surface area contributed by atoms with Crippen molar-refractivity contribution in [2.75, 3.05) is 10.6 Å². The molecule has 1 atom stereocenters. The molecule has 1 saturated carbocycles. The van der Waals surface area contributed by atoms with Crippen molar-refractivity contribution in [3.63, 3.8) is 0 Å². The molecule has 2 N–H and O–H groups in total. The van der Waals surface area contributed by atoms with Crippen molar-refractivity contribution in [1.82, 2.24) is 9.55 Å². The molecule has 2 heterocycles. The van der Waals surface area contributed by atoms with Gasteiger partial charge in [0.05, 0.1) is 11.2 Å². The van der Waals surface area contributed by atoms with Crippen molar-refractivity contribution in [2.45, 2.75) is 25.8 Å². The van der Waals surface area contributed by atoms with Gasteiger partial charge in [-0.3, -0.25) is 4.79 Å². The van der Waals surface area contributed by atoms with E-state index in [2.05, 4.69) is 28.6 Å². The molecule has 6 nitrogen and oxygen atoms in total. The number of hydrogen-bond donors (Lipinski definition) is 2. The Labute approximate surface area is 167 Å². The number of aryl methyl sites for hydroxylation is 1. The lowest BCUT2D eigenvalue weighted by atomic mass is 10.1. The lowest BCUT2D eigenvalue weighted by molar-refractivity contribution is 0.694. The first kappa shape index (κ1) is 18.3. The summed E-state index contributed by atoms with van der Waals surface area (Å²) in [5, 5.41) is 17.2. The van der Waals surface area contributed by atoms with Crippen LogP contribution in [0.5, 0.6) is 0 Å². The van der Waals surface area contributed by atoms with Crippen LogP contribution in [-0.2, 0) is 7.05 Å². The SMILES string of the molecule is CC(Nc1cc(=O)n(C)c2ccc(Nc3ccnc(Cl)c3C#N)cc12)C1CC1. The van der Waals surface area contributed by atoms with Crippen LogP contribution in [0.4, 0.5) is 17.1 Å². The number of halogens is 1. The molecule has 3 aromatic rings. The number of rotatable bonds is 5. The zero-order valence-electron chi connectivity index (χ0n) is 15.7. The Morgan fingerprint density at radius 1 is 1.29 bits per heavy atom. The van der Waals surface area contributed by atoms with Gasteiger partial charge in [0, 0.05) is 42.1 Å². The number of aromatic nitrogens is 2. The number of pyridine rings is 2. The fraction of sp³-hybridized carbons (Fsp3) is 0.286. The van der Waals surface area contributed by atoms with Crippen LogP contribution in [-0.4, -0.2) is 15.6 Å². The van der Waals surface area contributed by atoms with Gasteiger partial charge in [-0.25, -0.2) is 4.98 Å². The van der Waals surface area contributed by atoms with E-state index in [9.17, 15) is 10.1 Å². The molecule has 1 unspecified atom stereocenters. The monoisotopic (exact) mass is 393 g/mol. The van der Waals surface area contributed by atoms with Gasteiger partial charge >= 0.3 is 0 Å². The predicted octanol–water partition coefficient (Wildman–Crippen LogP) is 4.41. The first-order chi connectivity index (χ1) is 13.5. The highest BCUT2D eigenvalue weighted by Crippen LogP contribution is 2.35.